The van der Waals surface area contributed by atoms with Gasteiger partial charge in [-0.1, -0.05) is 26.0 Å². The van der Waals surface area contributed by atoms with E-state index in [0.717, 1.165) is 11.4 Å². The maximum atomic E-state index is 5.48. The van der Waals surface area contributed by atoms with Crippen molar-refractivity contribution in [3.8, 4) is 5.75 Å². The molecule has 0 amide bonds. The van der Waals surface area contributed by atoms with E-state index in [1.165, 1.54) is 5.56 Å². The fourth-order valence-corrected chi connectivity index (χ4v) is 1.50. The Balaban J connectivity index is 2.49. The summed E-state index contributed by atoms with van der Waals surface area (Å²) in [4.78, 5) is 0. The van der Waals surface area contributed by atoms with Gasteiger partial charge in [-0.05, 0) is 17.5 Å². The quantitative estimate of drug-likeness (QED) is 0.687. The third-order valence-electron chi connectivity index (χ3n) is 2.15. The monoisotopic (exact) mass is 163 g/mol. The molecule has 0 atom stereocenters. The van der Waals surface area contributed by atoms with Crippen LogP contribution < -0.4 is 10.1 Å². The lowest BCUT2D eigenvalue weighted by Gasteiger charge is -2.08. The van der Waals surface area contributed by atoms with Gasteiger partial charge in [0.05, 0.1) is 5.69 Å². The van der Waals surface area contributed by atoms with E-state index in [0.29, 0.717) is 12.6 Å². The number of fused-ring (bicyclic) bond motifs is 1. The first-order valence-electron chi connectivity index (χ1n) is 4.28. The van der Waals surface area contributed by atoms with Crippen LogP contribution in [0.5, 0.6) is 5.75 Å². The minimum atomic E-state index is 0.528. The molecule has 1 aromatic rings. The first-order valence-corrected chi connectivity index (χ1v) is 4.28. The average molecular weight is 163 g/mol. The summed E-state index contributed by atoms with van der Waals surface area (Å²) >= 11 is 0. The Bertz CT molecular complexity index is 294. The lowest BCUT2D eigenvalue weighted by molar-refractivity contribution is 0.367. The molecule has 1 aromatic carbocycles. The summed E-state index contributed by atoms with van der Waals surface area (Å²) in [7, 11) is 0. The smallest absolute Gasteiger partial charge is 0.159 e. The predicted octanol–water partition coefficient (Wildman–Crippen LogP) is 2.57. The summed E-state index contributed by atoms with van der Waals surface area (Å²) in [6, 6.07) is 6.24. The third kappa shape index (κ3) is 1.04. The Morgan fingerprint density at radius 1 is 1.42 bits per heavy atom. The minimum Gasteiger partial charge on any atom is -0.471 e. The van der Waals surface area contributed by atoms with Crippen LogP contribution in [0.25, 0.3) is 0 Å². The minimum absolute atomic E-state index is 0.528. The molecule has 1 N–H and O–H groups in total. The SMILES string of the molecule is CC(C)c1cccc2c1OCN2. The highest BCUT2D eigenvalue weighted by atomic mass is 16.5. The molecule has 0 radical (unpaired) electrons. The lowest BCUT2D eigenvalue weighted by Crippen LogP contribution is -1.97. The average Bonchev–Trinajstić information content (AvgIpc) is 2.49. The molecule has 0 spiro atoms. The zero-order chi connectivity index (χ0) is 8.55. The molecule has 1 aliphatic heterocycles. The van der Waals surface area contributed by atoms with E-state index in [4.69, 9.17) is 4.74 Å². The molecule has 2 rings (SSSR count). The van der Waals surface area contributed by atoms with Crippen LogP contribution in [-0.2, 0) is 0 Å². The molecule has 12 heavy (non-hydrogen) atoms. The van der Waals surface area contributed by atoms with Gasteiger partial charge in [-0.15, -0.1) is 0 Å². The molecule has 0 unspecified atom stereocenters. The molecule has 0 saturated carbocycles. The van der Waals surface area contributed by atoms with Crippen LogP contribution in [0.4, 0.5) is 5.69 Å². The Morgan fingerprint density at radius 2 is 2.25 bits per heavy atom. The van der Waals surface area contributed by atoms with Crippen molar-refractivity contribution in [2.45, 2.75) is 19.8 Å². The summed E-state index contributed by atoms with van der Waals surface area (Å²) in [6.45, 7) is 4.97. The summed E-state index contributed by atoms with van der Waals surface area (Å²) in [5.74, 6) is 1.56. The van der Waals surface area contributed by atoms with Crippen molar-refractivity contribution in [2.75, 3.05) is 12.0 Å². The zero-order valence-electron chi connectivity index (χ0n) is 7.42. The van der Waals surface area contributed by atoms with Gasteiger partial charge in [0, 0.05) is 0 Å². The van der Waals surface area contributed by atoms with Gasteiger partial charge < -0.3 is 10.1 Å². The van der Waals surface area contributed by atoms with Crippen molar-refractivity contribution in [3.05, 3.63) is 23.8 Å². The van der Waals surface area contributed by atoms with Crippen LogP contribution in [0.2, 0.25) is 0 Å². The largest absolute Gasteiger partial charge is 0.471 e. The van der Waals surface area contributed by atoms with Gasteiger partial charge in [-0.25, -0.2) is 0 Å². The van der Waals surface area contributed by atoms with Crippen LogP contribution in [0.1, 0.15) is 25.3 Å². The molecule has 2 heteroatoms. The van der Waals surface area contributed by atoms with E-state index >= 15 is 0 Å². The topological polar surface area (TPSA) is 21.3 Å². The second kappa shape index (κ2) is 2.70. The second-order valence-corrected chi connectivity index (χ2v) is 3.34. The summed E-state index contributed by atoms with van der Waals surface area (Å²) in [5, 5.41) is 3.17. The highest BCUT2D eigenvalue weighted by Crippen LogP contribution is 2.36. The molecule has 1 aliphatic rings. The molecule has 0 aromatic heterocycles. The number of rotatable bonds is 1. The molecule has 64 valence electrons. The van der Waals surface area contributed by atoms with Gasteiger partial charge in [0.15, 0.2) is 6.73 Å². The van der Waals surface area contributed by atoms with Crippen molar-refractivity contribution in [2.24, 2.45) is 0 Å². The maximum Gasteiger partial charge on any atom is 0.159 e. The van der Waals surface area contributed by atoms with E-state index in [-0.39, 0.29) is 0 Å². The molecule has 1 heterocycles. The molecule has 0 bridgehead atoms. The number of hydrogen-bond acceptors (Lipinski definition) is 2. The van der Waals surface area contributed by atoms with Crippen molar-refractivity contribution in [3.63, 3.8) is 0 Å². The predicted molar refractivity (Wildman–Crippen MR) is 49.6 cm³/mol. The Kier molecular flexibility index (Phi) is 1.68. The van der Waals surface area contributed by atoms with E-state index in [1.54, 1.807) is 0 Å². The number of anilines is 1. The molecular formula is C10H13NO. The van der Waals surface area contributed by atoms with Crippen molar-refractivity contribution in [1.29, 1.82) is 0 Å². The summed E-state index contributed by atoms with van der Waals surface area (Å²) < 4.78 is 5.48. The van der Waals surface area contributed by atoms with Crippen LogP contribution in [0.3, 0.4) is 0 Å². The number of ether oxygens (including phenoxy) is 1. The molecule has 0 aliphatic carbocycles. The number of para-hydroxylation sites is 1. The highest BCUT2D eigenvalue weighted by molar-refractivity contribution is 5.63. The summed E-state index contributed by atoms with van der Waals surface area (Å²) in [5.41, 5.74) is 2.42. The van der Waals surface area contributed by atoms with Gasteiger partial charge in [0.2, 0.25) is 0 Å². The number of hydrogen-bond donors (Lipinski definition) is 1. The molecule has 2 nitrogen and oxygen atoms in total. The maximum absolute atomic E-state index is 5.48. The first kappa shape index (κ1) is 7.47. The first-order chi connectivity index (χ1) is 5.79. The van der Waals surface area contributed by atoms with E-state index in [2.05, 4.69) is 31.3 Å². The standard InChI is InChI=1S/C10H13NO/c1-7(2)8-4-3-5-9-10(8)12-6-11-9/h3-5,7,11H,6H2,1-2H3. The Labute approximate surface area is 72.5 Å². The normalized spacial score (nSPS) is 13.9. The van der Waals surface area contributed by atoms with Crippen molar-refractivity contribution >= 4 is 5.69 Å². The number of benzene rings is 1. The fourth-order valence-electron chi connectivity index (χ4n) is 1.50. The molecule has 0 saturated heterocycles. The van der Waals surface area contributed by atoms with Crippen LogP contribution >= 0.6 is 0 Å². The number of nitrogens with one attached hydrogen (secondary N) is 1. The second-order valence-electron chi connectivity index (χ2n) is 3.34. The van der Waals surface area contributed by atoms with Gasteiger partial charge in [-0.2, -0.15) is 0 Å². The molecular weight excluding hydrogens is 150 g/mol. The Hall–Kier alpha value is -1.18. The van der Waals surface area contributed by atoms with Crippen LogP contribution in [0.15, 0.2) is 18.2 Å². The highest BCUT2D eigenvalue weighted by Gasteiger charge is 2.16. The van der Waals surface area contributed by atoms with Gasteiger partial charge in [0.25, 0.3) is 0 Å². The van der Waals surface area contributed by atoms with Gasteiger partial charge in [-0.3, -0.25) is 0 Å². The molecule has 0 fully saturated rings. The van der Waals surface area contributed by atoms with Gasteiger partial charge in [0.1, 0.15) is 5.75 Å². The van der Waals surface area contributed by atoms with Crippen molar-refractivity contribution < 1.29 is 4.74 Å². The van der Waals surface area contributed by atoms with Crippen LogP contribution in [-0.4, -0.2) is 6.73 Å². The fraction of sp³-hybridized carbons (Fsp3) is 0.400. The van der Waals surface area contributed by atoms with Gasteiger partial charge >= 0.3 is 0 Å². The van der Waals surface area contributed by atoms with Crippen LogP contribution in [0, 0.1) is 0 Å². The summed E-state index contributed by atoms with van der Waals surface area (Å²) in [6.07, 6.45) is 0. The zero-order valence-corrected chi connectivity index (χ0v) is 7.42. The van der Waals surface area contributed by atoms with E-state index in [9.17, 15) is 0 Å². The van der Waals surface area contributed by atoms with E-state index in [1.807, 2.05) is 6.07 Å². The van der Waals surface area contributed by atoms with Crippen molar-refractivity contribution in [1.82, 2.24) is 0 Å². The van der Waals surface area contributed by atoms with E-state index < -0.39 is 0 Å². The Morgan fingerprint density at radius 3 is 3.00 bits per heavy atom. The third-order valence-corrected chi connectivity index (χ3v) is 2.15. The lowest BCUT2D eigenvalue weighted by atomic mass is 10.0.